The molecule has 1 aromatic carbocycles. The summed E-state index contributed by atoms with van der Waals surface area (Å²) in [5, 5.41) is 4.56. The molecule has 0 fully saturated rings. The fourth-order valence-corrected chi connectivity index (χ4v) is 5.25. The largest absolute Gasteiger partial charge is 0.495 e. The molecule has 0 atom stereocenters. The lowest BCUT2D eigenvalue weighted by molar-refractivity contribution is 0.420. The summed E-state index contributed by atoms with van der Waals surface area (Å²) in [6, 6.07) is 6.65. The van der Waals surface area contributed by atoms with Crippen LogP contribution in [0.5, 0.6) is 5.75 Å². The van der Waals surface area contributed by atoms with Crippen LogP contribution in [0.25, 0.3) is 15.8 Å². The summed E-state index contributed by atoms with van der Waals surface area (Å²) in [4.78, 5) is 8.46. The summed E-state index contributed by atoms with van der Waals surface area (Å²) >= 11 is 3.58. The van der Waals surface area contributed by atoms with Crippen LogP contribution in [-0.4, -0.2) is 30.3 Å². The Labute approximate surface area is 138 Å². The van der Waals surface area contributed by atoms with Gasteiger partial charge in [-0.05, 0) is 35.4 Å². The number of hydrogen-bond donors (Lipinski definition) is 0. The second-order valence-corrected chi connectivity index (χ2v) is 7.44. The third-order valence-electron chi connectivity index (χ3n) is 4.04. The van der Waals surface area contributed by atoms with Crippen molar-refractivity contribution >= 4 is 44.0 Å². The lowest BCUT2D eigenvalue weighted by Crippen LogP contribution is -2.20. The molecule has 0 bridgehead atoms. The first kappa shape index (κ1) is 14.2. The Kier molecular flexibility index (Phi) is 3.62. The smallest absolute Gasteiger partial charge is 0.168 e. The zero-order chi connectivity index (χ0) is 15.1. The molecular formula is C17H18N2OS2. The maximum atomic E-state index is 5.62. The minimum atomic E-state index is 0.906. The van der Waals surface area contributed by atoms with E-state index in [1.54, 1.807) is 18.4 Å². The molecule has 22 heavy (non-hydrogen) atoms. The Morgan fingerprint density at radius 3 is 3.09 bits per heavy atom. The van der Waals surface area contributed by atoms with Gasteiger partial charge < -0.3 is 9.64 Å². The Balaban J connectivity index is 1.88. The average Bonchev–Trinajstić information content (AvgIpc) is 3.20. The minimum absolute atomic E-state index is 0.906. The summed E-state index contributed by atoms with van der Waals surface area (Å²) in [5.41, 5.74) is 2.60. The highest BCUT2D eigenvalue weighted by Gasteiger charge is 2.32. The molecule has 0 spiro atoms. The number of fused-ring (bicyclic) bond motifs is 2. The second kappa shape index (κ2) is 5.63. The Hall–Kier alpha value is -1.46. The van der Waals surface area contributed by atoms with Gasteiger partial charge in [0.25, 0.3) is 0 Å². The van der Waals surface area contributed by atoms with Crippen molar-refractivity contribution < 1.29 is 4.74 Å². The summed E-state index contributed by atoms with van der Waals surface area (Å²) in [5.74, 6) is 0.973. The fraction of sp³-hybridized carbons (Fsp3) is 0.353. The SMILES string of the molecule is CCCC1=C(c2cc(OC)c3sccc3c2)N2CCN=C2S1. The first-order valence-corrected chi connectivity index (χ1v) is 9.30. The third-order valence-corrected chi connectivity index (χ3v) is 6.16. The Bertz CT molecular complexity index is 791. The second-order valence-electron chi connectivity index (χ2n) is 5.46. The van der Waals surface area contributed by atoms with Crippen LogP contribution >= 0.6 is 23.1 Å². The molecule has 0 unspecified atom stereocenters. The van der Waals surface area contributed by atoms with E-state index in [-0.39, 0.29) is 0 Å². The van der Waals surface area contributed by atoms with Crippen LogP contribution in [0.15, 0.2) is 33.5 Å². The normalized spacial score (nSPS) is 17.4. The van der Waals surface area contributed by atoms with Crippen molar-refractivity contribution in [2.24, 2.45) is 4.99 Å². The average molecular weight is 330 g/mol. The van der Waals surface area contributed by atoms with Crippen molar-refractivity contribution in [1.29, 1.82) is 0 Å². The lowest BCUT2D eigenvalue weighted by atomic mass is 10.1. The van der Waals surface area contributed by atoms with E-state index in [9.17, 15) is 0 Å². The molecule has 1 aromatic heterocycles. The highest BCUT2D eigenvalue weighted by molar-refractivity contribution is 8.17. The first-order valence-electron chi connectivity index (χ1n) is 7.60. The van der Waals surface area contributed by atoms with E-state index in [4.69, 9.17) is 4.74 Å². The predicted octanol–water partition coefficient (Wildman–Crippen LogP) is 4.80. The van der Waals surface area contributed by atoms with Crippen LogP contribution in [0.3, 0.4) is 0 Å². The highest BCUT2D eigenvalue weighted by Crippen LogP contribution is 2.45. The van der Waals surface area contributed by atoms with Crippen LogP contribution in [0, 0.1) is 0 Å². The molecule has 0 N–H and O–H groups in total. The van der Waals surface area contributed by atoms with Gasteiger partial charge in [-0.2, -0.15) is 0 Å². The number of thiophene rings is 1. The van der Waals surface area contributed by atoms with Crippen LogP contribution < -0.4 is 4.74 Å². The number of aliphatic imine (C=N–C) groups is 1. The number of hydrogen-bond acceptors (Lipinski definition) is 5. The molecule has 0 saturated heterocycles. The molecule has 114 valence electrons. The van der Waals surface area contributed by atoms with Crippen molar-refractivity contribution in [3.8, 4) is 5.75 Å². The van der Waals surface area contributed by atoms with Gasteiger partial charge in [-0.25, -0.2) is 0 Å². The number of ether oxygens (including phenoxy) is 1. The molecule has 2 aliphatic heterocycles. The molecule has 2 aromatic rings. The lowest BCUT2D eigenvalue weighted by Gasteiger charge is -2.18. The van der Waals surface area contributed by atoms with Gasteiger partial charge in [0.1, 0.15) is 5.75 Å². The molecule has 0 saturated carbocycles. The number of thioether (sulfide) groups is 1. The van der Waals surface area contributed by atoms with Gasteiger partial charge in [-0.1, -0.05) is 25.1 Å². The number of amidine groups is 1. The zero-order valence-corrected chi connectivity index (χ0v) is 14.4. The number of benzene rings is 1. The van der Waals surface area contributed by atoms with Crippen LogP contribution in [0.4, 0.5) is 0 Å². The van der Waals surface area contributed by atoms with E-state index in [0.29, 0.717) is 0 Å². The van der Waals surface area contributed by atoms with Gasteiger partial charge in [0.2, 0.25) is 0 Å². The number of allylic oxidation sites excluding steroid dienone is 1. The van der Waals surface area contributed by atoms with Crippen LogP contribution in [0.1, 0.15) is 25.3 Å². The van der Waals surface area contributed by atoms with Crippen molar-refractivity contribution in [1.82, 2.24) is 4.90 Å². The minimum Gasteiger partial charge on any atom is -0.495 e. The number of rotatable bonds is 4. The topological polar surface area (TPSA) is 24.8 Å². The number of nitrogens with zero attached hydrogens (tertiary/aromatic N) is 2. The van der Waals surface area contributed by atoms with Crippen molar-refractivity contribution in [2.75, 3.05) is 20.2 Å². The van der Waals surface area contributed by atoms with E-state index in [0.717, 1.165) is 31.7 Å². The highest BCUT2D eigenvalue weighted by atomic mass is 32.2. The molecule has 0 aliphatic carbocycles. The van der Waals surface area contributed by atoms with Gasteiger partial charge in [0, 0.05) is 17.0 Å². The molecule has 0 radical (unpaired) electrons. The molecule has 3 heterocycles. The Morgan fingerprint density at radius 2 is 2.27 bits per heavy atom. The molecule has 3 nitrogen and oxygen atoms in total. The van der Waals surface area contributed by atoms with E-state index in [2.05, 4.69) is 40.4 Å². The summed E-state index contributed by atoms with van der Waals surface area (Å²) in [6.07, 6.45) is 2.27. The molecular weight excluding hydrogens is 312 g/mol. The summed E-state index contributed by atoms with van der Waals surface area (Å²) in [7, 11) is 1.76. The summed E-state index contributed by atoms with van der Waals surface area (Å²) < 4.78 is 6.85. The van der Waals surface area contributed by atoms with Crippen molar-refractivity contribution in [3.05, 3.63) is 34.0 Å². The van der Waals surface area contributed by atoms with Gasteiger partial charge >= 0.3 is 0 Å². The fourth-order valence-electron chi connectivity index (χ4n) is 3.08. The van der Waals surface area contributed by atoms with E-state index < -0.39 is 0 Å². The number of methoxy groups -OCH3 is 1. The monoisotopic (exact) mass is 330 g/mol. The quantitative estimate of drug-likeness (QED) is 0.805. The first-order chi connectivity index (χ1) is 10.8. The van der Waals surface area contributed by atoms with Gasteiger partial charge in [0.05, 0.1) is 24.1 Å². The zero-order valence-electron chi connectivity index (χ0n) is 12.8. The molecule has 0 amide bonds. The van der Waals surface area contributed by atoms with Gasteiger partial charge in [-0.15, -0.1) is 11.3 Å². The molecule has 5 heteroatoms. The molecule has 2 aliphatic rings. The maximum absolute atomic E-state index is 5.62. The third kappa shape index (κ3) is 2.15. The van der Waals surface area contributed by atoms with Gasteiger partial charge in [-0.3, -0.25) is 4.99 Å². The summed E-state index contributed by atoms with van der Waals surface area (Å²) in [6.45, 7) is 4.14. The van der Waals surface area contributed by atoms with E-state index in [1.165, 1.54) is 31.4 Å². The van der Waals surface area contributed by atoms with Crippen molar-refractivity contribution in [2.45, 2.75) is 19.8 Å². The molecule has 4 rings (SSSR count). The van der Waals surface area contributed by atoms with Crippen molar-refractivity contribution in [3.63, 3.8) is 0 Å². The van der Waals surface area contributed by atoms with Crippen LogP contribution in [-0.2, 0) is 0 Å². The van der Waals surface area contributed by atoms with E-state index >= 15 is 0 Å². The van der Waals surface area contributed by atoms with E-state index in [1.807, 2.05) is 11.8 Å². The van der Waals surface area contributed by atoms with Gasteiger partial charge in [0.15, 0.2) is 5.17 Å². The Morgan fingerprint density at radius 1 is 1.36 bits per heavy atom. The predicted molar refractivity (Wildman–Crippen MR) is 96.8 cm³/mol. The standard InChI is InChI=1S/C17H18N2OS2/c1-3-4-14-15(19-7-6-18-17(19)22-14)12-9-11-5-8-21-16(11)13(10-12)20-2/h5,8-10H,3-4,6-7H2,1-2H3. The maximum Gasteiger partial charge on any atom is 0.168 e. The van der Waals surface area contributed by atoms with Crippen LogP contribution in [0.2, 0.25) is 0 Å².